The van der Waals surface area contributed by atoms with E-state index in [9.17, 15) is 24.3 Å². The maximum absolute atomic E-state index is 14.3. The van der Waals surface area contributed by atoms with E-state index in [1.54, 1.807) is 84.9 Å². The van der Waals surface area contributed by atoms with Gasteiger partial charge in [-0.1, -0.05) is 164 Å². The van der Waals surface area contributed by atoms with Crippen LogP contribution in [0.1, 0.15) is 58.1 Å². The van der Waals surface area contributed by atoms with Crippen molar-refractivity contribution in [3.8, 4) is 0 Å². The molecule has 15 nitrogen and oxygen atoms in total. The average Bonchev–Trinajstić information content (AvgIpc) is 3.50. The molecule has 0 aromatic heterocycles. The summed E-state index contributed by atoms with van der Waals surface area (Å²) in [7, 11) is 0. The van der Waals surface area contributed by atoms with Crippen LogP contribution in [0.25, 0.3) is 0 Å². The minimum Gasteiger partial charge on any atom is -0.459 e. The molecule has 1 N–H and O–H groups in total. The Morgan fingerprint density at radius 3 is 1.12 bits per heavy atom. The molecular formula is C61H56O15. The lowest BCUT2D eigenvalue weighted by Gasteiger charge is -2.46. The average molecular weight is 1030 g/mol. The summed E-state index contributed by atoms with van der Waals surface area (Å²) in [5.74, 6) is -3.33. The topological polar surface area (TPSA) is 181 Å². The summed E-state index contributed by atoms with van der Waals surface area (Å²) in [6, 6.07) is 60.8. The Kier molecular flexibility index (Phi) is 18.5. The number of benzene rings is 7. The molecule has 2 aliphatic rings. The third-order valence-corrected chi connectivity index (χ3v) is 12.6. The van der Waals surface area contributed by atoms with Crippen molar-refractivity contribution in [2.24, 2.45) is 0 Å². The monoisotopic (exact) mass is 1030 g/mol. The van der Waals surface area contributed by atoms with Gasteiger partial charge in [-0.25, -0.2) is 19.2 Å². The van der Waals surface area contributed by atoms with Crippen LogP contribution in [0.2, 0.25) is 0 Å². The minimum atomic E-state index is -1.70. The second-order valence-corrected chi connectivity index (χ2v) is 17.9. The summed E-state index contributed by atoms with van der Waals surface area (Å²) in [5.41, 5.74) is 3.11. The molecule has 15 heteroatoms. The number of rotatable bonds is 21. The van der Waals surface area contributed by atoms with Crippen molar-refractivity contribution in [1.82, 2.24) is 0 Å². The molecule has 76 heavy (non-hydrogen) atoms. The van der Waals surface area contributed by atoms with Gasteiger partial charge in [0.25, 0.3) is 0 Å². The van der Waals surface area contributed by atoms with Crippen LogP contribution in [0.4, 0.5) is 0 Å². The molecule has 7 aromatic carbocycles. The SMILES string of the molecule is O=C(OC[C@H]1O[C@H](OC[C@H]2O[C@@H](O)[C@H](OCc3ccccc3)[C@@H](OCc3ccccc3)[C@@H]2OCc2ccccc2)[C@@H](OC(=O)c2ccccc2)[C@@H](OC(=O)c2ccccc2)[C@@H]1OC(=O)c1ccccc1)c1ccccc1. The second kappa shape index (κ2) is 26.6. The van der Waals surface area contributed by atoms with E-state index >= 15 is 0 Å². The molecule has 0 aliphatic carbocycles. The lowest BCUT2D eigenvalue weighted by molar-refractivity contribution is -0.337. The van der Waals surface area contributed by atoms with Crippen molar-refractivity contribution in [3.05, 3.63) is 251 Å². The zero-order valence-electron chi connectivity index (χ0n) is 41.2. The van der Waals surface area contributed by atoms with E-state index in [2.05, 4.69) is 0 Å². The Morgan fingerprint density at radius 1 is 0.342 bits per heavy atom. The molecular weight excluding hydrogens is 973 g/mol. The van der Waals surface area contributed by atoms with E-state index in [0.29, 0.717) is 0 Å². The second-order valence-electron chi connectivity index (χ2n) is 17.9. The van der Waals surface area contributed by atoms with Gasteiger partial charge < -0.3 is 52.5 Å². The highest BCUT2D eigenvalue weighted by Crippen LogP contribution is 2.35. The van der Waals surface area contributed by atoms with Crippen LogP contribution >= 0.6 is 0 Å². The van der Waals surface area contributed by atoms with Crippen molar-refractivity contribution in [3.63, 3.8) is 0 Å². The van der Waals surface area contributed by atoms with Crippen LogP contribution in [-0.2, 0) is 67.2 Å². The Balaban J connectivity index is 1.09. The van der Waals surface area contributed by atoms with E-state index in [4.69, 9.17) is 47.4 Å². The number of hydrogen-bond acceptors (Lipinski definition) is 15. The molecule has 2 fully saturated rings. The van der Waals surface area contributed by atoms with Gasteiger partial charge >= 0.3 is 23.9 Å². The summed E-state index contributed by atoms with van der Waals surface area (Å²) in [6.07, 6.45) is -14.0. The van der Waals surface area contributed by atoms with Crippen molar-refractivity contribution in [1.29, 1.82) is 0 Å². The van der Waals surface area contributed by atoms with Gasteiger partial charge in [0.2, 0.25) is 0 Å². The summed E-state index contributed by atoms with van der Waals surface area (Å²) in [4.78, 5) is 56.2. The maximum atomic E-state index is 14.3. The van der Waals surface area contributed by atoms with Crippen LogP contribution in [0, 0.1) is 0 Å². The van der Waals surface area contributed by atoms with Crippen molar-refractivity contribution in [2.45, 2.75) is 81.2 Å². The van der Waals surface area contributed by atoms with Crippen molar-refractivity contribution < 1.29 is 71.7 Å². The number of aliphatic hydroxyl groups is 1. The Morgan fingerprint density at radius 2 is 0.684 bits per heavy atom. The fraction of sp³-hybridized carbons (Fsp3) is 0.246. The highest BCUT2D eigenvalue weighted by molar-refractivity contribution is 5.91. The molecule has 2 heterocycles. The van der Waals surface area contributed by atoms with Crippen LogP contribution in [-0.4, -0.2) is 104 Å². The van der Waals surface area contributed by atoms with E-state index in [-0.39, 0.29) is 42.1 Å². The van der Waals surface area contributed by atoms with Gasteiger partial charge in [-0.2, -0.15) is 0 Å². The summed E-state index contributed by atoms with van der Waals surface area (Å²) in [6.45, 7) is -0.732. The van der Waals surface area contributed by atoms with Crippen LogP contribution in [0.15, 0.2) is 212 Å². The molecule has 0 bridgehead atoms. The molecule has 0 radical (unpaired) electrons. The van der Waals surface area contributed by atoms with E-state index < -0.39 is 98.5 Å². The zero-order chi connectivity index (χ0) is 52.5. The first kappa shape index (κ1) is 53.0. The van der Waals surface area contributed by atoms with E-state index in [0.717, 1.165) is 16.7 Å². The zero-order valence-corrected chi connectivity index (χ0v) is 41.2. The van der Waals surface area contributed by atoms with Crippen molar-refractivity contribution >= 4 is 23.9 Å². The Hall–Kier alpha value is -7.86. The fourth-order valence-electron chi connectivity index (χ4n) is 8.75. The van der Waals surface area contributed by atoms with Gasteiger partial charge in [0, 0.05) is 0 Å². The molecule has 9 rings (SSSR count). The largest absolute Gasteiger partial charge is 0.459 e. The maximum Gasteiger partial charge on any atom is 0.338 e. The Bertz CT molecular complexity index is 2900. The molecule has 0 amide bonds. The number of hydrogen-bond donors (Lipinski definition) is 1. The molecule has 0 unspecified atom stereocenters. The molecule has 7 aromatic rings. The van der Waals surface area contributed by atoms with Gasteiger partial charge in [0.05, 0.1) is 48.7 Å². The number of esters is 4. The van der Waals surface area contributed by atoms with E-state index in [1.165, 1.54) is 36.4 Å². The molecule has 2 aliphatic heterocycles. The molecule has 10 atom stereocenters. The van der Waals surface area contributed by atoms with Gasteiger partial charge in [0.1, 0.15) is 37.1 Å². The van der Waals surface area contributed by atoms with Crippen LogP contribution in [0.5, 0.6) is 0 Å². The lowest BCUT2D eigenvalue weighted by Crippen LogP contribution is -2.64. The van der Waals surface area contributed by atoms with Gasteiger partial charge in [0.15, 0.2) is 30.9 Å². The molecule has 2 saturated heterocycles. The summed E-state index contributed by atoms with van der Waals surface area (Å²) >= 11 is 0. The predicted molar refractivity (Wildman–Crippen MR) is 274 cm³/mol. The third-order valence-electron chi connectivity index (χ3n) is 12.6. The first-order valence-electron chi connectivity index (χ1n) is 24.8. The number of carbonyl (C=O) groups excluding carboxylic acids is 4. The van der Waals surface area contributed by atoms with E-state index in [1.807, 2.05) is 91.0 Å². The lowest BCUT2D eigenvalue weighted by atomic mass is 9.96. The number of carbonyl (C=O) groups is 4. The summed E-state index contributed by atoms with van der Waals surface area (Å²) < 4.78 is 64.1. The van der Waals surface area contributed by atoms with Crippen LogP contribution < -0.4 is 0 Å². The molecule has 0 saturated carbocycles. The van der Waals surface area contributed by atoms with Gasteiger partial charge in [-0.05, 0) is 65.2 Å². The van der Waals surface area contributed by atoms with Gasteiger partial charge in [-0.3, -0.25) is 0 Å². The molecule has 0 spiro atoms. The minimum absolute atomic E-state index is 0.0795. The Labute approximate surface area is 439 Å². The predicted octanol–water partition coefficient (Wildman–Crippen LogP) is 8.74. The van der Waals surface area contributed by atoms with Crippen LogP contribution in [0.3, 0.4) is 0 Å². The summed E-state index contributed by atoms with van der Waals surface area (Å²) in [5, 5.41) is 11.9. The van der Waals surface area contributed by atoms with Gasteiger partial charge in [-0.15, -0.1) is 0 Å². The highest BCUT2D eigenvalue weighted by atomic mass is 16.7. The first-order valence-corrected chi connectivity index (χ1v) is 24.8. The number of ether oxygens (including phenoxy) is 10. The smallest absolute Gasteiger partial charge is 0.338 e. The first-order chi connectivity index (χ1) is 37.3. The molecule has 390 valence electrons. The number of aliphatic hydroxyl groups excluding tert-OH is 1. The standard InChI is InChI=1S/C61H56O15/c62-56(44-28-14-4-15-29-44)70-39-49-51(74-57(63)45-30-16-5-17-31-45)53(75-58(64)46-32-18-6-19-33-46)55(76-59(65)47-34-20-7-21-35-47)61(73-49)71-40-48-50(67-36-41-22-8-1-9-23-41)52(68-37-42-24-10-2-11-25-42)54(60(66)72-48)69-38-43-26-12-3-13-27-43/h1-35,48-55,60-61,66H,36-40H2/t48-,49-,50-,51-,52+,53+,54-,55+,60-,61+/m1/s1. The third kappa shape index (κ3) is 14.1. The normalized spacial score (nSPS) is 23.1. The fourth-order valence-corrected chi connectivity index (χ4v) is 8.75. The highest BCUT2D eigenvalue weighted by Gasteiger charge is 2.55. The quantitative estimate of drug-likeness (QED) is 0.0533. The van der Waals surface area contributed by atoms with Crippen molar-refractivity contribution in [2.75, 3.05) is 13.2 Å².